The number of halogens is 3. The standard InChI is InChI=1S/C12H18N4O2.C2HF3O2/c1-9-5-13-3-4-16(9)8-10-6-15-11(7-14-10)12(17)18-2;3-2(4,5)1(6)7/h6-7,9,13H,3-5,8H2,1-2H3;(H,6,7)/t9-;/m1./s1. The number of alkyl halides is 3. The average Bonchev–Trinajstić information content (AvgIpc) is 2.56. The van der Waals surface area contributed by atoms with Crippen LogP contribution in [0.5, 0.6) is 0 Å². The number of hydrogen-bond acceptors (Lipinski definition) is 7. The molecule has 140 valence electrons. The van der Waals surface area contributed by atoms with E-state index in [9.17, 15) is 18.0 Å². The second kappa shape index (κ2) is 9.28. The van der Waals surface area contributed by atoms with Crippen LogP contribution in [0.1, 0.15) is 23.1 Å². The van der Waals surface area contributed by atoms with Crippen molar-refractivity contribution in [2.24, 2.45) is 0 Å². The van der Waals surface area contributed by atoms with Crippen LogP contribution in [0.2, 0.25) is 0 Å². The maximum Gasteiger partial charge on any atom is 0.490 e. The molecule has 0 saturated carbocycles. The highest BCUT2D eigenvalue weighted by Crippen LogP contribution is 2.13. The Kier molecular flexibility index (Phi) is 7.71. The van der Waals surface area contributed by atoms with Gasteiger partial charge in [0.2, 0.25) is 0 Å². The summed E-state index contributed by atoms with van der Waals surface area (Å²) in [6, 6.07) is 0.487. The molecule has 0 radical (unpaired) electrons. The van der Waals surface area contributed by atoms with Crippen molar-refractivity contribution < 1.29 is 32.6 Å². The van der Waals surface area contributed by atoms with E-state index < -0.39 is 18.1 Å². The first-order valence-corrected chi connectivity index (χ1v) is 7.29. The van der Waals surface area contributed by atoms with Gasteiger partial charge >= 0.3 is 18.1 Å². The molecule has 2 N–H and O–H groups in total. The van der Waals surface area contributed by atoms with Crippen LogP contribution in [0.15, 0.2) is 12.4 Å². The van der Waals surface area contributed by atoms with Crippen LogP contribution >= 0.6 is 0 Å². The molecule has 0 unspecified atom stereocenters. The van der Waals surface area contributed by atoms with E-state index in [4.69, 9.17) is 9.90 Å². The lowest BCUT2D eigenvalue weighted by atomic mass is 10.2. The number of carboxylic acid groups (broad SMARTS) is 1. The Bertz CT molecular complexity index is 580. The zero-order chi connectivity index (χ0) is 19.0. The third-order valence-corrected chi connectivity index (χ3v) is 3.35. The van der Waals surface area contributed by atoms with Crippen molar-refractivity contribution in [1.82, 2.24) is 20.2 Å². The molecule has 8 nitrogen and oxygen atoms in total. The fraction of sp³-hybridized carbons (Fsp3) is 0.571. The number of carbonyl (C=O) groups excluding carboxylic acids is 1. The normalized spacial score (nSPS) is 18.0. The van der Waals surface area contributed by atoms with E-state index in [1.165, 1.54) is 13.3 Å². The van der Waals surface area contributed by atoms with Crippen molar-refractivity contribution >= 4 is 11.9 Å². The van der Waals surface area contributed by atoms with Gasteiger partial charge in [0.05, 0.1) is 25.2 Å². The Labute approximate surface area is 142 Å². The number of rotatable bonds is 3. The number of piperazine rings is 1. The van der Waals surface area contributed by atoms with Crippen LogP contribution in [0.3, 0.4) is 0 Å². The second-order valence-electron chi connectivity index (χ2n) is 5.21. The van der Waals surface area contributed by atoms with Crippen LogP contribution < -0.4 is 5.32 Å². The molecule has 0 amide bonds. The Morgan fingerprint density at radius 2 is 2.04 bits per heavy atom. The molecule has 1 saturated heterocycles. The molecule has 1 fully saturated rings. The largest absolute Gasteiger partial charge is 0.490 e. The van der Waals surface area contributed by atoms with E-state index in [0.29, 0.717) is 6.04 Å². The van der Waals surface area contributed by atoms with Gasteiger partial charge in [-0.05, 0) is 6.92 Å². The minimum absolute atomic E-state index is 0.245. The van der Waals surface area contributed by atoms with E-state index in [2.05, 4.69) is 31.8 Å². The first-order chi connectivity index (χ1) is 11.6. The summed E-state index contributed by atoms with van der Waals surface area (Å²) in [5.41, 5.74) is 1.12. The van der Waals surface area contributed by atoms with Gasteiger partial charge in [-0.15, -0.1) is 0 Å². The molecule has 1 atom stereocenters. The third-order valence-electron chi connectivity index (χ3n) is 3.35. The van der Waals surface area contributed by atoms with Crippen molar-refractivity contribution in [2.45, 2.75) is 25.7 Å². The number of carboxylic acids is 1. The summed E-state index contributed by atoms with van der Waals surface area (Å²) >= 11 is 0. The van der Waals surface area contributed by atoms with Crippen molar-refractivity contribution in [3.8, 4) is 0 Å². The molecule has 2 heterocycles. The van der Waals surface area contributed by atoms with Gasteiger partial charge in [-0.3, -0.25) is 9.88 Å². The number of nitrogens with zero attached hydrogens (tertiary/aromatic N) is 3. The zero-order valence-corrected chi connectivity index (χ0v) is 13.7. The summed E-state index contributed by atoms with van der Waals surface area (Å²) in [5.74, 6) is -3.21. The smallest absolute Gasteiger partial charge is 0.475 e. The predicted molar refractivity (Wildman–Crippen MR) is 79.8 cm³/mol. The maximum atomic E-state index is 11.2. The van der Waals surface area contributed by atoms with Gasteiger partial charge in [0, 0.05) is 32.2 Å². The number of esters is 1. The minimum Gasteiger partial charge on any atom is -0.475 e. The van der Waals surface area contributed by atoms with Crippen molar-refractivity contribution in [2.75, 3.05) is 26.7 Å². The van der Waals surface area contributed by atoms with Gasteiger partial charge in [-0.1, -0.05) is 0 Å². The Morgan fingerprint density at radius 1 is 1.40 bits per heavy atom. The molecule has 1 aliphatic heterocycles. The summed E-state index contributed by atoms with van der Waals surface area (Å²) in [5, 5.41) is 10.5. The van der Waals surface area contributed by atoms with E-state index in [-0.39, 0.29) is 5.69 Å². The van der Waals surface area contributed by atoms with Crippen LogP contribution in [0.25, 0.3) is 0 Å². The number of methoxy groups -OCH3 is 1. The third kappa shape index (κ3) is 7.01. The Balaban J connectivity index is 0.000000381. The molecule has 1 aliphatic rings. The summed E-state index contributed by atoms with van der Waals surface area (Å²) in [6.45, 7) is 5.94. The van der Waals surface area contributed by atoms with Crippen molar-refractivity contribution in [3.05, 3.63) is 23.8 Å². The molecule has 0 aliphatic carbocycles. The maximum absolute atomic E-state index is 11.2. The van der Waals surface area contributed by atoms with Gasteiger partial charge < -0.3 is 15.2 Å². The molecule has 1 aromatic heterocycles. The van der Waals surface area contributed by atoms with Crippen LogP contribution in [-0.2, 0) is 16.1 Å². The fourth-order valence-electron chi connectivity index (χ4n) is 1.97. The lowest BCUT2D eigenvalue weighted by Gasteiger charge is -2.33. The molecule has 25 heavy (non-hydrogen) atoms. The highest BCUT2D eigenvalue weighted by atomic mass is 19.4. The van der Waals surface area contributed by atoms with Gasteiger partial charge in [-0.25, -0.2) is 14.6 Å². The summed E-state index contributed by atoms with van der Waals surface area (Å²) < 4.78 is 36.3. The van der Waals surface area contributed by atoms with E-state index >= 15 is 0 Å². The number of aromatic nitrogens is 2. The number of aliphatic carboxylic acids is 1. The molecule has 0 spiro atoms. The predicted octanol–water partition coefficient (Wildman–Crippen LogP) is 0.690. The minimum atomic E-state index is -5.08. The van der Waals surface area contributed by atoms with Gasteiger partial charge in [0.15, 0.2) is 5.69 Å². The lowest BCUT2D eigenvalue weighted by molar-refractivity contribution is -0.192. The van der Waals surface area contributed by atoms with Gasteiger partial charge in [0.1, 0.15) is 0 Å². The van der Waals surface area contributed by atoms with Crippen LogP contribution in [0, 0.1) is 0 Å². The van der Waals surface area contributed by atoms with Crippen molar-refractivity contribution in [1.29, 1.82) is 0 Å². The van der Waals surface area contributed by atoms with E-state index in [1.807, 2.05) is 0 Å². The summed E-state index contributed by atoms with van der Waals surface area (Å²) in [6.07, 6.45) is -1.98. The lowest BCUT2D eigenvalue weighted by Crippen LogP contribution is -2.49. The summed E-state index contributed by atoms with van der Waals surface area (Å²) in [4.78, 5) is 30.8. The first kappa shape index (κ1) is 20.8. The molecular formula is C14H19F3N4O4. The highest BCUT2D eigenvalue weighted by Gasteiger charge is 2.38. The topological polar surface area (TPSA) is 105 Å². The van der Waals surface area contributed by atoms with Crippen molar-refractivity contribution in [3.63, 3.8) is 0 Å². The Hall–Kier alpha value is -2.27. The van der Waals surface area contributed by atoms with Gasteiger partial charge in [-0.2, -0.15) is 13.2 Å². The number of hydrogen-bond donors (Lipinski definition) is 2. The molecule has 0 bridgehead atoms. The molecule has 0 aromatic carbocycles. The van der Waals surface area contributed by atoms with E-state index in [1.54, 1.807) is 6.20 Å². The monoisotopic (exact) mass is 364 g/mol. The van der Waals surface area contributed by atoms with Crippen LogP contribution in [0.4, 0.5) is 13.2 Å². The quantitative estimate of drug-likeness (QED) is 0.755. The second-order valence-corrected chi connectivity index (χ2v) is 5.21. The molecular weight excluding hydrogens is 345 g/mol. The van der Waals surface area contributed by atoms with E-state index in [0.717, 1.165) is 31.9 Å². The molecule has 2 rings (SSSR count). The number of nitrogens with one attached hydrogen (secondary N) is 1. The number of ether oxygens (including phenoxy) is 1. The average molecular weight is 364 g/mol. The summed E-state index contributed by atoms with van der Waals surface area (Å²) in [7, 11) is 1.33. The zero-order valence-electron chi connectivity index (χ0n) is 13.7. The van der Waals surface area contributed by atoms with Crippen LogP contribution in [-0.4, -0.2) is 70.9 Å². The fourth-order valence-corrected chi connectivity index (χ4v) is 1.97. The molecule has 1 aromatic rings. The first-order valence-electron chi connectivity index (χ1n) is 7.29. The number of carbonyl (C=O) groups is 2. The SMILES string of the molecule is COC(=O)c1cnc(CN2CCNC[C@H]2C)cn1.O=C(O)C(F)(F)F. The highest BCUT2D eigenvalue weighted by molar-refractivity contribution is 5.86. The molecule has 11 heteroatoms. The Morgan fingerprint density at radius 3 is 2.48 bits per heavy atom. The van der Waals surface area contributed by atoms with Gasteiger partial charge in [0.25, 0.3) is 0 Å².